The Balaban J connectivity index is 1.77. The summed E-state index contributed by atoms with van der Waals surface area (Å²) in [6, 6.07) is 17.0. The zero-order valence-electron chi connectivity index (χ0n) is 14.4. The van der Waals surface area contributed by atoms with E-state index in [2.05, 4.69) is 15.9 Å². The van der Waals surface area contributed by atoms with Crippen molar-refractivity contribution >= 4 is 27.9 Å². The van der Waals surface area contributed by atoms with Crippen molar-refractivity contribution in [2.24, 2.45) is 0 Å². The number of hydrogen-bond donors (Lipinski definition) is 1. The number of esters is 2. The lowest BCUT2D eigenvalue weighted by Crippen LogP contribution is -2.52. The maximum Gasteiger partial charge on any atom is 0.338 e. The van der Waals surface area contributed by atoms with Gasteiger partial charge in [0.05, 0.1) is 11.1 Å². The van der Waals surface area contributed by atoms with E-state index in [1.165, 1.54) is 0 Å². The minimum Gasteiger partial charge on any atom is -0.455 e. The molecule has 7 heteroatoms. The van der Waals surface area contributed by atoms with Crippen LogP contribution in [0.15, 0.2) is 60.7 Å². The smallest absolute Gasteiger partial charge is 0.338 e. The first kappa shape index (κ1) is 19.5. The van der Waals surface area contributed by atoms with Crippen LogP contribution in [0.3, 0.4) is 0 Å². The number of carbonyl (C=O) groups excluding carboxylic acids is 2. The minimum atomic E-state index is -1.12. The summed E-state index contributed by atoms with van der Waals surface area (Å²) in [4.78, 5) is 24.9. The minimum absolute atomic E-state index is 0.00874. The van der Waals surface area contributed by atoms with Gasteiger partial charge < -0.3 is 19.3 Å². The first-order valence-electron chi connectivity index (χ1n) is 8.50. The van der Waals surface area contributed by atoms with E-state index in [4.69, 9.17) is 14.2 Å². The van der Waals surface area contributed by atoms with Gasteiger partial charge in [-0.15, -0.1) is 0 Å². The maximum absolute atomic E-state index is 12.5. The van der Waals surface area contributed by atoms with Crippen LogP contribution >= 0.6 is 15.9 Å². The molecule has 0 aliphatic carbocycles. The monoisotopic (exact) mass is 434 g/mol. The van der Waals surface area contributed by atoms with Crippen LogP contribution in [0.4, 0.5) is 0 Å². The molecule has 2 aromatic carbocycles. The average molecular weight is 435 g/mol. The van der Waals surface area contributed by atoms with Crippen molar-refractivity contribution in [3.63, 3.8) is 0 Å². The number of alkyl halides is 1. The number of aliphatic hydroxyl groups is 1. The number of carbonyl (C=O) groups is 2. The molecule has 0 bridgehead atoms. The van der Waals surface area contributed by atoms with E-state index >= 15 is 0 Å². The molecule has 4 atom stereocenters. The van der Waals surface area contributed by atoms with Gasteiger partial charge in [0, 0.05) is 11.8 Å². The third kappa shape index (κ3) is 4.94. The molecule has 1 fully saturated rings. The quantitative estimate of drug-likeness (QED) is 0.575. The van der Waals surface area contributed by atoms with E-state index in [1.807, 2.05) is 0 Å². The fourth-order valence-corrected chi connectivity index (χ4v) is 3.36. The third-order valence-corrected chi connectivity index (χ3v) is 4.81. The van der Waals surface area contributed by atoms with E-state index in [9.17, 15) is 14.7 Å². The van der Waals surface area contributed by atoms with E-state index in [1.54, 1.807) is 60.7 Å². The van der Waals surface area contributed by atoms with Gasteiger partial charge in [-0.2, -0.15) is 0 Å². The molecule has 1 aliphatic heterocycles. The lowest BCUT2D eigenvalue weighted by molar-refractivity contribution is -0.225. The highest BCUT2D eigenvalue weighted by Crippen LogP contribution is 2.27. The molecule has 0 radical (unpaired) electrons. The van der Waals surface area contributed by atoms with Crippen LogP contribution in [0, 0.1) is 0 Å². The van der Waals surface area contributed by atoms with Crippen LogP contribution in [-0.2, 0) is 14.2 Å². The summed E-state index contributed by atoms with van der Waals surface area (Å²) in [6.45, 7) is 0. The Kier molecular flexibility index (Phi) is 6.60. The van der Waals surface area contributed by atoms with Crippen LogP contribution in [0.1, 0.15) is 27.1 Å². The highest BCUT2D eigenvalue weighted by Gasteiger charge is 2.43. The van der Waals surface area contributed by atoms with Crippen molar-refractivity contribution in [1.82, 2.24) is 0 Å². The fraction of sp³-hybridized carbons (Fsp3) is 0.300. The summed E-state index contributed by atoms with van der Waals surface area (Å²) in [7, 11) is 0. The molecule has 0 unspecified atom stereocenters. The van der Waals surface area contributed by atoms with Gasteiger partial charge in [0.25, 0.3) is 0 Å². The Morgan fingerprint density at radius 1 is 0.963 bits per heavy atom. The van der Waals surface area contributed by atoms with Gasteiger partial charge in [-0.25, -0.2) is 9.59 Å². The molecule has 27 heavy (non-hydrogen) atoms. The summed E-state index contributed by atoms with van der Waals surface area (Å²) < 4.78 is 16.6. The Morgan fingerprint density at radius 2 is 1.48 bits per heavy atom. The first-order chi connectivity index (χ1) is 13.1. The molecule has 0 saturated carbocycles. The van der Waals surface area contributed by atoms with Crippen LogP contribution < -0.4 is 0 Å². The van der Waals surface area contributed by atoms with Gasteiger partial charge in [0.15, 0.2) is 12.4 Å². The molecule has 0 amide bonds. The highest BCUT2D eigenvalue weighted by atomic mass is 79.9. The van der Waals surface area contributed by atoms with E-state index in [-0.39, 0.29) is 6.42 Å². The fourth-order valence-electron chi connectivity index (χ4n) is 2.84. The molecule has 0 spiro atoms. The van der Waals surface area contributed by atoms with Crippen molar-refractivity contribution in [2.75, 3.05) is 5.33 Å². The molecule has 142 valence electrons. The van der Waals surface area contributed by atoms with Crippen molar-refractivity contribution in [2.45, 2.75) is 31.0 Å². The molecule has 6 nitrogen and oxygen atoms in total. The molecule has 0 aromatic heterocycles. The van der Waals surface area contributed by atoms with Crippen LogP contribution in [-0.4, -0.2) is 47.0 Å². The zero-order valence-corrected chi connectivity index (χ0v) is 15.9. The predicted molar refractivity (Wildman–Crippen MR) is 101 cm³/mol. The lowest BCUT2D eigenvalue weighted by atomic mass is 10.0. The SMILES string of the molecule is O=C(O[C@@H]1[C@H](CBr)O[C@H](O)C[C@H]1OC(=O)c1ccccc1)c1ccccc1. The molecule has 1 saturated heterocycles. The van der Waals surface area contributed by atoms with Crippen LogP contribution in [0.2, 0.25) is 0 Å². The second kappa shape index (κ2) is 9.12. The molecule has 1 N–H and O–H groups in total. The number of rotatable bonds is 5. The molecule has 3 rings (SSSR count). The second-order valence-electron chi connectivity index (χ2n) is 6.06. The van der Waals surface area contributed by atoms with Crippen molar-refractivity contribution in [3.05, 3.63) is 71.8 Å². The highest BCUT2D eigenvalue weighted by molar-refractivity contribution is 9.09. The average Bonchev–Trinajstić information content (AvgIpc) is 2.70. The number of ether oxygens (including phenoxy) is 3. The number of aliphatic hydroxyl groups excluding tert-OH is 1. The van der Waals surface area contributed by atoms with Gasteiger partial charge in [-0.05, 0) is 24.3 Å². The standard InChI is InChI=1S/C20H19BrO6/c21-12-16-18(27-20(24)14-9-5-2-6-10-14)15(11-17(22)25-16)26-19(23)13-7-3-1-4-8-13/h1-10,15-18,22H,11-12H2/t15-,16+,17+,18+/m1/s1. The summed E-state index contributed by atoms with van der Waals surface area (Å²) >= 11 is 3.30. The number of benzene rings is 2. The van der Waals surface area contributed by atoms with Gasteiger partial charge >= 0.3 is 11.9 Å². The summed E-state index contributed by atoms with van der Waals surface area (Å²) in [6.07, 6.45) is -3.46. The Labute approximate surface area is 165 Å². The Hall–Kier alpha value is -2.22. The molecule has 1 aliphatic rings. The van der Waals surface area contributed by atoms with Crippen molar-refractivity contribution in [1.29, 1.82) is 0 Å². The Bertz CT molecular complexity index is 767. The number of halogens is 1. The molecular weight excluding hydrogens is 416 g/mol. The second-order valence-corrected chi connectivity index (χ2v) is 6.71. The summed E-state index contributed by atoms with van der Waals surface area (Å²) in [5.74, 6) is -1.10. The summed E-state index contributed by atoms with van der Waals surface area (Å²) in [5.41, 5.74) is 0.757. The van der Waals surface area contributed by atoms with Crippen molar-refractivity contribution in [3.8, 4) is 0 Å². The van der Waals surface area contributed by atoms with Gasteiger partial charge in [0.1, 0.15) is 12.2 Å². The van der Waals surface area contributed by atoms with Gasteiger partial charge in [-0.3, -0.25) is 0 Å². The van der Waals surface area contributed by atoms with E-state index < -0.39 is 36.5 Å². The topological polar surface area (TPSA) is 82.1 Å². The zero-order chi connectivity index (χ0) is 19.2. The maximum atomic E-state index is 12.5. The van der Waals surface area contributed by atoms with Crippen LogP contribution in [0.25, 0.3) is 0 Å². The van der Waals surface area contributed by atoms with Gasteiger partial charge in [0.2, 0.25) is 0 Å². The number of hydrogen-bond acceptors (Lipinski definition) is 6. The normalized spacial score (nSPS) is 24.8. The first-order valence-corrected chi connectivity index (χ1v) is 9.62. The van der Waals surface area contributed by atoms with E-state index in [0.29, 0.717) is 16.5 Å². The van der Waals surface area contributed by atoms with Crippen molar-refractivity contribution < 1.29 is 28.9 Å². The van der Waals surface area contributed by atoms with Gasteiger partial charge in [-0.1, -0.05) is 52.3 Å². The predicted octanol–water partition coefficient (Wildman–Crippen LogP) is 2.94. The van der Waals surface area contributed by atoms with Crippen LogP contribution in [0.5, 0.6) is 0 Å². The van der Waals surface area contributed by atoms with E-state index in [0.717, 1.165) is 0 Å². The largest absolute Gasteiger partial charge is 0.455 e. The lowest BCUT2D eigenvalue weighted by Gasteiger charge is -2.38. The summed E-state index contributed by atoms with van der Waals surface area (Å²) in [5, 5.41) is 10.3. The Morgan fingerprint density at radius 3 is 2.00 bits per heavy atom. The molecular formula is C20H19BrO6. The third-order valence-electron chi connectivity index (χ3n) is 4.17. The molecule has 2 aromatic rings. The molecule has 1 heterocycles.